The molecule has 0 spiro atoms. The van der Waals surface area contributed by atoms with E-state index in [2.05, 4.69) is 33.9 Å². The highest BCUT2D eigenvalue weighted by Gasteiger charge is 2.44. The highest BCUT2D eigenvalue weighted by molar-refractivity contribution is 6.31. The van der Waals surface area contributed by atoms with Gasteiger partial charge in [0.1, 0.15) is 12.4 Å². The molecule has 1 aromatic carbocycles. The number of aromatic nitrogens is 4. The monoisotopic (exact) mass is 445 g/mol. The van der Waals surface area contributed by atoms with Crippen LogP contribution in [0.15, 0.2) is 36.5 Å². The second-order valence-corrected chi connectivity index (χ2v) is 8.47. The Bertz CT molecular complexity index is 1070. The van der Waals surface area contributed by atoms with Gasteiger partial charge in [-0.05, 0) is 29.7 Å². The van der Waals surface area contributed by atoms with Crippen molar-refractivity contribution in [3.63, 3.8) is 0 Å². The summed E-state index contributed by atoms with van der Waals surface area (Å²) in [4.78, 5) is 6.50. The number of hydrogen-bond donors (Lipinski definition) is 0. The van der Waals surface area contributed by atoms with Crippen LogP contribution >= 0.6 is 11.6 Å². The molecule has 0 radical (unpaired) electrons. The van der Waals surface area contributed by atoms with E-state index in [1.807, 2.05) is 10.6 Å². The minimum atomic E-state index is -0.337. The first-order chi connectivity index (χ1) is 14.9. The molecule has 0 aliphatic carbocycles. The maximum atomic E-state index is 13.6. The van der Waals surface area contributed by atoms with E-state index in [0.717, 1.165) is 17.8 Å². The molecule has 2 atom stereocenters. The van der Waals surface area contributed by atoms with Crippen LogP contribution in [-0.4, -0.2) is 47.1 Å². The average Bonchev–Trinajstić information content (AvgIpc) is 3.29. The van der Waals surface area contributed by atoms with Gasteiger partial charge in [0, 0.05) is 36.7 Å². The molecule has 0 N–H and O–H groups in total. The second kappa shape index (κ2) is 8.43. The SMILES string of the molecule is COCc1nnc(N2C[C@H](C)[C@@](C)(c3ccc(F)cc3Cl)C2)n1-c1ccc(OC)nc1. The fourth-order valence-corrected chi connectivity index (χ4v) is 4.61. The van der Waals surface area contributed by atoms with Gasteiger partial charge in [0.25, 0.3) is 0 Å². The van der Waals surface area contributed by atoms with Gasteiger partial charge in [0.05, 0.1) is 19.0 Å². The summed E-state index contributed by atoms with van der Waals surface area (Å²) in [7, 11) is 3.20. The summed E-state index contributed by atoms with van der Waals surface area (Å²) >= 11 is 6.43. The van der Waals surface area contributed by atoms with Gasteiger partial charge in [0.15, 0.2) is 5.82 Å². The highest BCUT2D eigenvalue weighted by atomic mass is 35.5. The van der Waals surface area contributed by atoms with Crippen molar-refractivity contribution in [2.45, 2.75) is 25.9 Å². The Balaban J connectivity index is 1.73. The van der Waals surface area contributed by atoms with Crippen LogP contribution in [0.1, 0.15) is 25.2 Å². The molecule has 4 rings (SSSR count). The minimum absolute atomic E-state index is 0.250. The van der Waals surface area contributed by atoms with Crippen molar-refractivity contribution in [2.75, 3.05) is 32.2 Å². The topological polar surface area (TPSA) is 65.3 Å². The Morgan fingerprint density at radius 3 is 2.68 bits per heavy atom. The molecule has 9 heteroatoms. The van der Waals surface area contributed by atoms with Crippen LogP contribution in [0.2, 0.25) is 5.02 Å². The van der Waals surface area contributed by atoms with E-state index in [0.29, 0.717) is 35.8 Å². The van der Waals surface area contributed by atoms with Crippen LogP contribution in [0.4, 0.5) is 10.3 Å². The Morgan fingerprint density at radius 2 is 2.03 bits per heavy atom. The summed E-state index contributed by atoms with van der Waals surface area (Å²) < 4.78 is 26.1. The van der Waals surface area contributed by atoms with Crippen LogP contribution < -0.4 is 9.64 Å². The predicted molar refractivity (Wildman–Crippen MR) is 117 cm³/mol. The summed E-state index contributed by atoms with van der Waals surface area (Å²) in [6, 6.07) is 8.33. The lowest BCUT2D eigenvalue weighted by Crippen LogP contribution is -2.32. The lowest BCUT2D eigenvalue weighted by atomic mass is 9.75. The molecule has 2 aromatic heterocycles. The summed E-state index contributed by atoms with van der Waals surface area (Å²) in [6.07, 6.45) is 1.72. The van der Waals surface area contributed by atoms with E-state index in [9.17, 15) is 4.39 Å². The number of benzene rings is 1. The molecule has 7 nitrogen and oxygen atoms in total. The van der Waals surface area contributed by atoms with Gasteiger partial charge in [-0.2, -0.15) is 0 Å². The number of nitrogens with zero attached hydrogens (tertiary/aromatic N) is 5. The van der Waals surface area contributed by atoms with Gasteiger partial charge in [-0.1, -0.05) is 31.5 Å². The maximum absolute atomic E-state index is 13.6. The van der Waals surface area contributed by atoms with Crippen LogP contribution in [0, 0.1) is 11.7 Å². The first kappa shape index (κ1) is 21.5. The third-order valence-corrected chi connectivity index (χ3v) is 6.42. The molecule has 1 fully saturated rings. The van der Waals surface area contributed by atoms with Crippen molar-refractivity contribution in [1.29, 1.82) is 0 Å². The van der Waals surface area contributed by atoms with E-state index in [4.69, 9.17) is 21.1 Å². The van der Waals surface area contributed by atoms with Gasteiger partial charge < -0.3 is 14.4 Å². The minimum Gasteiger partial charge on any atom is -0.481 e. The van der Waals surface area contributed by atoms with Crippen LogP contribution in [0.3, 0.4) is 0 Å². The Kier molecular flexibility index (Phi) is 5.85. The third kappa shape index (κ3) is 3.85. The van der Waals surface area contributed by atoms with Crippen molar-refractivity contribution in [2.24, 2.45) is 5.92 Å². The van der Waals surface area contributed by atoms with Crippen LogP contribution in [-0.2, 0) is 16.8 Å². The molecular weight excluding hydrogens is 421 g/mol. The standard InChI is InChI=1S/C22H25ClFN5O2/c1-14-11-28(13-22(14,2)17-7-5-15(24)9-18(17)23)21-27-26-19(12-30-3)29(21)16-6-8-20(31-4)25-10-16/h5-10,14H,11-13H2,1-4H3/t14-,22-/m0/s1. The van der Waals surface area contributed by atoms with Gasteiger partial charge in [0.2, 0.25) is 11.8 Å². The fourth-order valence-electron chi connectivity index (χ4n) is 4.23. The van der Waals surface area contributed by atoms with Crippen molar-refractivity contribution in [1.82, 2.24) is 19.7 Å². The van der Waals surface area contributed by atoms with E-state index in [-0.39, 0.29) is 17.2 Å². The van der Waals surface area contributed by atoms with E-state index >= 15 is 0 Å². The predicted octanol–water partition coefficient (Wildman–Crippen LogP) is 4.02. The highest BCUT2D eigenvalue weighted by Crippen LogP contribution is 2.43. The van der Waals surface area contributed by atoms with Gasteiger partial charge in [-0.25, -0.2) is 9.37 Å². The number of ether oxygens (including phenoxy) is 2. The molecule has 1 aliphatic heterocycles. The molecule has 0 unspecified atom stereocenters. The largest absolute Gasteiger partial charge is 0.481 e. The lowest BCUT2D eigenvalue weighted by molar-refractivity contribution is 0.176. The van der Waals surface area contributed by atoms with Crippen LogP contribution in [0.5, 0.6) is 5.88 Å². The van der Waals surface area contributed by atoms with Crippen molar-refractivity contribution in [3.8, 4) is 11.6 Å². The molecule has 164 valence electrons. The second-order valence-electron chi connectivity index (χ2n) is 8.07. The van der Waals surface area contributed by atoms with E-state index < -0.39 is 0 Å². The third-order valence-electron chi connectivity index (χ3n) is 6.10. The normalized spacial score (nSPS) is 21.0. The Morgan fingerprint density at radius 1 is 1.23 bits per heavy atom. The summed E-state index contributed by atoms with van der Waals surface area (Å²) in [5.74, 6) is 1.81. The first-order valence-electron chi connectivity index (χ1n) is 10.0. The molecule has 0 bridgehead atoms. The van der Waals surface area contributed by atoms with Gasteiger partial charge >= 0.3 is 0 Å². The fraction of sp³-hybridized carbons (Fsp3) is 0.409. The van der Waals surface area contributed by atoms with E-state index in [1.165, 1.54) is 12.1 Å². The molecule has 0 saturated carbocycles. The number of halogens is 2. The van der Waals surface area contributed by atoms with Crippen LogP contribution in [0.25, 0.3) is 5.69 Å². The number of rotatable bonds is 6. The number of methoxy groups -OCH3 is 2. The zero-order chi connectivity index (χ0) is 22.2. The zero-order valence-electron chi connectivity index (χ0n) is 18.0. The van der Waals surface area contributed by atoms with Crippen molar-refractivity contribution < 1.29 is 13.9 Å². The molecule has 0 amide bonds. The molecule has 3 heterocycles. The van der Waals surface area contributed by atoms with Crippen molar-refractivity contribution >= 4 is 17.5 Å². The number of anilines is 1. The Labute approximate surface area is 185 Å². The molecule has 3 aromatic rings. The van der Waals surface area contributed by atoms with Gasteiger partial charge in [-0.15, -0.1) is 10.2 Å². The zero-order valence-corrected chi connectivity index (χ0v) is 18.7. The number of hydrogen-bond acceptors (Lipinski definition) is 6. The first-order valence-corrected chi connectivity index (χ1v) is 10.4. The Hall–Kier alpha value is -2.71. The lowest BCUT2D eigenvalue weighted by Gasteiger charge is -2.30. The summed E-state index contributed by atoms with van der Waals surface area (Å²) in [5.41, 5.74) is 1.47. The van der Waals surface area contributed by atoms with Crippen molar-refractivity contribution in [3.05, 3.63) is 58.8 Å². The molecule has 1 aliphatic rings. The maximum Gasteiger partial charge on any atom is 0.232 e. The summed E-state index contributed by atoms with van der Waals surface area (Å²) in [6.45, 7) is 6.05. The average molecular weight is 446 g/mol. The molecular formula is C22H25ClFN5O2. The van der Waals surface area contributed by atoms with E-state index in [1.54, 1.807) is 32.5 Å². The summed E-state index contributed by atoms with van der Waals surface area (Å²) in [5, 5.41) is 9.27. The smallest absolute Gasteiger partial charge is 0.232 e. The quantitative estimate of drug-likeness (QED) is 0.571. The molecule has 31 heavy (non-hydrogen) atoms. The number of pyridine rings is 1. The van der Waals surface area contributed by atoms with Gasteiger partial charge in [-0.3, -0.25) is 4.57 Å². The molecule has 1 saturated heterocycles.